The van der Waals surface area contributed by atoms with Crippen molar-refractivity contribution < 1.29 is 0 Å². The lowest BCUT2D eigenvalue weighted by atomic mass is 9.34. The van der Waals surface area contributed by atoms with Gasteiger partial charge in [0.2, 0.25) is 0 Å². The van der Waals surface area contributed by atoms with Crippen LogP contribution in [0.25, 0.3) is 55.0 Å². The Bertz CT molecular complexity index is 2700. The summed E-state index contributed by atoms with van der Waals surface area (Å²) in [5, 5.41) is 5.24. The molecule has 212 valence electrons. The Morgan fingerprint density at radius 1 is 0.370 bits per heavy atom. The summed E-state index contributed by atoms with van der Waals surface area (Å²) in [4.78, 5) is 2.45. The molecule has 3 nitrogen and oxygen atoms in total. The fraction of sp³-hybridized carbons (Fsp3) is 0. The van der Waals surface area contributed by atoms with E-state index in [0.29, 0.717) is 0 Å². The molecule has 0 bridgehead atoms. The zero-order valence-corrected chi connectivity index (χ0v) is 24.9. The molecule has 0 fully saturated rings. The predicted octanol–water partition coefficient (Wildman–Crippen LogP) is 8.49. The fourth-order valence-corrected chi connectivity index (χ4v) is 8.61. The van der Waals surface area contributed by atoms with Crippen LogP contribution in [0.3, 0.4) is 0 Å². The second kappa shape index (κ2) is 8.80. The molecule has 0 atom stereocenters. The van der Waals surface area contributed by atoms with E-state index in [9.17, 15) is 0 Å². The van der Waals surface area contributed by atoms with E-state index in [4.69, 9.17) is 0 Å². The van der Waals surface area contributed by atoms with Gasteiger partial charge in [0.15, 0.2) is 0 Å². The van der Waals surface area contributed by atoms with Crippen molar-refractivity contribution >= 4 is 83.8 Å². The van der Waals surface area contributed by atoms with Gasteiger partial charge in [-0.1, -0.05) is 97.1 Å². The topological polar surface area (TPSA) is 13.1 Å². The Hall–Kier alpha value is -6.00. The molecule has 2 aliphatic heterocycles. The van der Waals surface area contributed by atoms with Crippen molar-refractivity contribution in [1.29, 1.82) is 0 Å². The van der Waals surface area contributed by atoms with E-state index in [1.807, 2.05) is 0 Å². The smallest absolute Gasteiger partial charge is 0.252 e. The van der Waals surface area contributed by atoms with Gasteiger partial charge in [0, 0.05) is 55.5 Å². The van der Waals surface area contributed by atoms with Crippen LogP contribution < -0.4 is 21.3 Å². The Labute approximate surface area is 266 Å². The number of aromatic nitrogens is 2. The van der Waals surface area contributed by atoms with Crippen LogP contribution in [0, 0.1) is 0 Å². The van der Waals surface area contributed by atoms with Gasteiger partial charge >= 0.3 is 0 Å². The highest BCUT2D eigenvalue weighted by Crippen LogP contribution is 2.44. The van der Waals surface area contributed by atoms with Crippen LogP contribution in [0.1, 0.15) is 0 Å². The van der Waals surface area contributed by atoms with E-state index in [2.05, 4.69) is 172 Å². The minimum atomic E-state index is 0.143. The summed E-state index contributed by atoms with van der Waals surface area (Å²) >= 11 is 0. The Morgan fingerprint density at radius 3 is 1.80 bits per heavy atom. The lowest BCUT2D eigenvalue weighted by Gasteiger charge is -2.40. The van der Waals surface area contributed by atoms with Gasteiger partial charge < -0.3 is 14.0 Å². The standard InChI is InChI=1S/C42H26BN3/c1-3-13-27(14-4-1)44-33-21-9-7-17-29(33)39-35(44)25-26-36-40(39)30-18-11-20-32-42(30)46(36)38-24-12-23-37-41(38)43(32)31-19-8-10-22-34(31)45(37)28-15-5-2-6-16-28/h1-26H. The van der Waals surface area contributed by atoms with Crippen molar-refractivity contribution in [3.05, 3.63) is 158 Å². The van der Waals surface area contributed by atoms with E-state index >= 15 is 0 Å². The van der Waals surface area contributed by atoms with Crippen molar-refractivity contribution in [1.82, 2.24) is 9.13 Å². The Morgan fingerprint density at radius 2 is 0.957 bits per heavy atom. The highest BCUT2D eigenvalue weighted by molar-refractivity contribution is 7.00. The maximum Gasteiger partial charge on any atom is 0.252 e. The SMILES string of the molecule is c1ccc(N2c3ccccc3B3c4c2cccc4-n2c4ccc5c(c6ccccc6n5-c5ccccc5)c4c4cccc3c42)cc1. The fourth-order valence-electron chi connectivity index (χ4n) is 8.61. The van der Waals surface area contributed by atoms with Crippen LogP contribution in [-0.2, 0) is 0 Å². The zero-order valence-electron chi connectivity index (χ0n) is 24.9. The number of para-hydroxylation sites is 5. The van der Waals surface area contributed by atoms with Crippen LogP contribution in [0.2, 0.25) is 0 Å². The molecule has 2 aromatic heterocycles. The molecule has 0 radical (unpaired) electrons. The third-order valence-corrected chi connectivity index (χ3v) is 10.3. The van der Waals surface area contributed by atoms with Gasteiger partial charge in [-0.15, -0.1) is 0 Å². The largest absolute Gasteiger partial charge is 0.311 e. The minimum Gasteiger partial charge on any atom is -0.311 e. The number of nitrogens with zero attached hydrogens (tertiary/aromatic N) is 3. The van der Waals surface area contributed by atoms with Gasteiger partial charge in [-0.25, -0.2) is 0 Å². The normalized spacial score (nSPS) is 13.1. The van der Waals surface area contributed by atoms with E-state index in [1.54, 1.807) is 0 Å². The van der Waals surface area contributed by atoms with Crippen molar-refractivity contribution in [3.8, 4) is 11.4 Å². The van der Waals surface area contributed by atoms with Crippen molar-refractivity contribution in [3.63, 3.8) is 0 Å². The molecule has 0 N–H and O–H groups in total. The summed E-state index contributed by atoms with van der Waals surface area (Å²) in [5.41, 5.74) is 15.2. The first kappa shape index (κ1) is 24.3. The van der Waals surface area contributed by atoms with Gasteiger partial charge in [-0.05, 0) is 77.1 Å². The van der Waals surface area contributed by atoms with Crippen LogP contribution in [-0.4, -0.2) is 15.8 Å². The molecule has 11 rings (SSSR count). The molecule has 46 heavy (non-hydrogen) atoms. The molecule has 4 heterocycles. The summed E-state index contributed by atoms with van der Waals surface area (Å²) in [6, 6.07) is 57.9. The average molecular weight is 584 g/mol. The second-order valence-corrected chi connectivity index (χ2v) is 12.5. The van der Waals surface area contributed by atoms with E-state index in [0.717, 1.165) is 0 Å². The molecule has 9 aromatic rings. The summed E-state index contributed by atoms with van der Waals surface area (Å²) in [6.07, 6.45) is 0. The van der Waals surface area contributed by atoms with Gasteiger partial charge in [0.05, 0.1) is 16.6 Å². The first-order valence-electron chi connectivity index (χ1n) is 16.0. The number of hydrogen-bond donors (Lipinski definition) is 0. The molecule has 4 heteroatoms. The Balaban J connectivity index is 1.32. The van der Waals surface area contributed by atoms with Crippen LogP contribution in [0.4, 0.5) is 17.1 Å². The van der Waals surface area contributed by atoms with Crippen LogP contribution in [0.15, 0.2) is 158 Å². The quantitative estimate of drug-likeness (QED) is 0.186. The molecule has 0 unspecified atom stereocenters. The van der Waals surface area contributed by atoms with E-state index in [1.165, 1.54) is 88.4 Å². The Kier molecular flexibility index (Phi) is 4.66. The molecule has 0 saturated carbocycles. The lowest BCUT2D eigenvalue weighted by Crippen LogP contribution is -2.60. The molecular weight excluding hydrogens is 557 g/mol. The summed E-state index contributed by atoms with van der Waals surface area (Å²) in [5.74, 6) is 0. The summed E-state index contributed by atoms with van der Waals surface area (Å²) < 4.78 is 4.98. The maximum absolute atomic E-state index is 2.56. The summed E-state index contributed by atoms with van der Waals surface area (Å²) in [6.45, 7) is 0.143. The number of fused-ring (bicyclic) bond motifs is 11. The predicted molar refractivity (Wildman–Crippen MR) is 194 cm³/mol. The lowest BCUT2D eigenvalue weighted by molar-refractivity contribution is 1.17. The highest BCUT2D eigenvalue weighted by atomic mass is 15.2. The maximum atomic E-state index is 2.56. The second-order valence-electron chi connectivity index (χ2n) is 12.5. The number of rotatable bonds is 2. The number of hydrogen-bond acceptors (Lipinski definition) is 1. The van der Waals surface area contributed by atoms with Gasteiger partial charge in [-0.3, -0.25) is 0 Å². The molecule has 2 aliphatic rings. The zero-order chi connectivity index (χ0) is 29.9. The van der Waals surface area contributed by atoms with Crippen molar-refractivity contribution in [2.24, 2.45) is 0 Å². The molecule has 0 amide bonds. The monoisotopic (exact) mass is 583 g/mol. The molecule has 0 saturated heterocycles. The number of anilines is 3. The van der Waals surface area contributed by atoms with Crippen molar-refractivity contribution in [2.45, 2.75) is 0 Å². The van der Waals surface area contributed by atoms with Crippen LogP contribution >= 0.6 is 0 Å². The third kappa shape index (κ3) is 2.94. The third-order valence-electron chi connectivity index (χ3n) is 10.3. The number of benzene rings is 7. The molecule has 0 spiro atoms. The molecule has 7 aromatic carbocycles. The summed E-state index contributed by atoms with van der Waals surface area (Å²) in [7, 11) is 0. The van der Waals surface area contributed by atoms with Crippen LogP contribution in [0.5, 0.6) is 0 Å². The van der Waals surface area contributed by atoms with E-state index < -0.39 is 0 Å². The van der Waals surface area contributed by atoms with Crippen molar-refractivity contribution in [2.75, 3.05) is 4.90 Å². The highest BCUT2D eigenvalue weighted by Gasteiger charge is 2.41. The van der Waals surface area contributed by atoms with Gasteiger partial charge in [0.25, 0.3) is 6.71 Å². The molecular formula is C42H26BN3. The minimum absolute atomic E-state index is 0.143. The van der Waals surface area contributed by atoms with Gasteiger partial charge in [-0.2, -0.15) is 0 Å². The molecule has 0 aliphatic carbocycles. The first-order valence-corrected chi connectivity index (χ1v) is 16.0. The first-order chi connectivity index (χ1) is 22.9. The van der Waals surface area contributed by atoms with E-state index in [-0.39, 0.29) is 6.71 Å². The average Bonchev–Trinajstić information content (AvgIpc) is 3.64. The van der Waals surface area contributed by atoms with Gasteiger partial charge in [0.1, 0.15) is 0 Å².